The molecule has 0 radical (unpaired) electrons. The van der Waals surface area contributed by atoms with E-state index in [1.54, 1.807) is 16.8 Å². The maximum absolute atomic E-state index is 12.2. The van der Waals surface area contributed by atoms with E-state index in [9.17, 15) is 4.79 Å². The van der Waals surface area contributed by atoms with Crippen molar-refractivity contribution in [1.82, 2.24) is 15.5 Å². The molecule has 1 atom stereocenters. The Bertz CT molecular complexity index is 524. The zero-order valence-electron chi connectivity index (χ0n) is 12.7. The summed E-state index contributed by atoms with van der Waals surface area (Å²) in [5.41, 5.74) is 1.68. The molecule has 1 aromatic rings. The second-order valence-electron chi connectivity index (χ2n) is 6.79. The number of rotatable bonds is 4. The molecule has 22 heavy (non-hydrogen) atoms. The highest BCUT2D eigenvalue weighted by atomic mass is 32.1. The number of hydrogen-bond acceptors (Lipinski definition) is 6. The first-order valence-corrected chi connectivity index (χ1v) is 9.05. The van der Waals surface area contributed by atoms with Crippen molar-refractivity contribution >= 4 is 22.4 Å². The predicted octanol–water partition coefficient (Wildman–Crippen LogP) is 1.44. The third-order valence-corrected chi connectivity index (χ3v) is 5.89. The molecule has 0 unspecified atom stereocenters. The van der Waals surface area contributed by atoms with Crippen LogP contribution in [-0.4, -0.2) is 47.9 Å². The van der Waals surface area contributed by atoms with Gasteiger partial charge in [-0.1, -0.05) is 11.3 Å². The fraction of sp³-hybridized carbons (Fsp3) is 0.800. The number of hydrogen-bond donors (Lipinski definition) is 1. The van der Waals surface area contributed by atoms with Gasteiger partial charge in [0.05, 0.1) is 18.1 Å². The Morgan fingerprint density at radius 1 is 1.45 bits per heavy atom. The number of anilines is 1. The van der Waals surface area contributed by atoms with Crippen molar-refractivity contribution in [2.45, 2.75) is 37.7 Å². The van der Waals surface area contributed by atoms with Crippen LogP contribution in [0.15, 0.2) is 5.51 Å². The topological polar surface area (TPSA) is 67.3 Å². The quantitative estimate of drug-likeness (QED) is 0.908. The number of aromatic nitrogens is 2. The van der Waals surface area contributed by atoms with Crippen LogP contribution in [0.4, 0.5) is 5.13 Å². The van der Waals surface area contributed by atoms with Gasteiger partial charge in [-0.2, -0.15) is 0 Å². The number of nitrogens with zero attached hydrogens (tertiary/aromatic N) is 3. The molecule has 2 aliphatic heterocycles. The lowest BCUT2D eigenvalue weighted by molar-refractivity contribution is -0.125. The zero-order valence-corrected chi connectivity index (χ0v) is 13.5. The van der Waals surface area contributed by atoms with Gasteiger partial charge in [-0.3, -0.25) is 4.79 Å². The SMILES string of the molecule is O=C(NCC1CC1)[C@H]1COC2(CCN(c3nncs3)CC2)C1. The van der Waals surface area contributed by atoms with Gasteiger partial charge in [0, 0.05) is 19.6 Å². The van der Waals surface area contributed by atoms with Crippen LogP contribution >= 0.6 is 11.3 Å². The van der Waals surface area contributed by atoms with Gasteiger partial charge in [-0.05, 0) is 38.0 Å². The first-order valence-electron chi connectivity index (χ1n) is 8.17. The van der Waals surface area contributed by atoms with Gasteiger partial charge in [-0.15, -0.1) is 10.2 Å². The van der Waals surface area contributed by atoms with Gasteiger partial charge < -0.3 is 15.0 Å². The van der Waals surface area contributed by atoms with E-state index in [1.807, 2.05) is 0 Å². The largest absolute Gasteiger partial charge is 0.374 e. The van der Waals surface area contributed by atoms with Crippen LogP contribution in [0.3, 0.4) is 0 Å². The van der Waals surface area contributed by atoms with Crippen LogP contribution in [0.1, 0.15) is 32.1 Å². The number of amides is 1. The minimum Gasteiger partial charge on any atom is -0.374 e. The van der Waals surface area contributed by atoms with Gasteiger partial charge >= 0.3 is 0 Å². The van der Waals surface area contributed by atoms with E-state index in [2.05, 4.69) is 20.4 Å². The Labute approximate surface area is 134 Å². The van der Waals surface area contributed by atoms with Crippen LogP contribution in [0.25, 0.3) is 0 Å². The number of carbonyl (C=O) groups is 1. The molecular weight excluding hydrogens is 300 g/mol. The molecule has 6 nitrogen and oxygen atoms in total. The molecule has 1 aromatic heterocycles. The molecule has 1 N–H and O–H groups in total. The lowest BCUT2D eigenvalue weighted by atomic mass is 9.85. The predicted molar refractivity (Wildman–Crippen MR) is 83.9 cm³/mol. The van der Waals surface area contributed by atoms with Gasteiger partial charge in [0.1, 0.15) is 5.51 Å². The van der Waals surface area contributed by atoms with Crippen molar-refractivity contribution in [2.75, 3.05) is 31.1 Å². The summed E-state index contributed by atoms with van der Waals surface area (Å²) in [7, 11) is 0. The van der Waals surface area contributed by atoms with E-state index in [1.165, 1.54) is 12.8 Å². The molecule has 0 bridgehead atoms. The van der Waals surface area contributed by atoms with Crippen molar-refractivity contribution in [2.24, 2.45) is 11.8 Å². The molecule has 4 rings (SSSR count). The number of ether oxygens (including phenoxy) is 1. The van der Waals surface area contributed by atoms with E-state index in [0.29, 0.717) is 6.61 Å². The lowest BCUT2D eigenvalue weighted by Crippen LogP contribution is -2.44. The van der Waals surface area contributed by atoms with Crippen molar-refractivity contribution in [3.8, 4) is 0 Å². The molecule has 0 aromatic carbocycles. The van der Waals surface area contributed by atoms with Crippen molar-refractivity contribution < 1.29 is 9.53 Å². The van der Waals surface area contributed by atoms with Crippen molar-refractivity contribution in [1.29, 1.82) is 0 Å². The van der Waals surface area contributed by atoms with Gasteiger partial charge in [0.25, 0.3) is 0 Å². The third-order valence-electron chi connectivity index (χ3n) is 5.14. The van der Waals surface area contributed by atoms with E-state index in [-0.39, 0.29) is 17.4 Å². The second-order valence-corrected chi connectivity index (χ2v) is 7.60. The van der Waals surface area contributed by atoms with Crippen molar-refractivity contribution in [3.63, 3.8) is 0 Å². The monoisotopic (exact) mass is 322 g/mol. The molecule has 2 saturated heterocycles. The highest BCUT2D eigenvalue weighted by Crippen LogP contribution is 2.40. The Kier molecular flexibility index (Phi) is 3.78. The van der Waals surface area contributed by atoms with Crippen molar-refractivity contribution in [3.05, 3.63) is 5.51 Å². The fourth-order valence-electron chi connectivity index (χ4n) is 3.48. The lowest BCUT2D eigenvalue weighted by Gasteiger charge is -2.38. The molecule has 1 spiro atoms. The first kappa shape index (κ1) is 14.4. The molecule has 1 aliphatic carbocycles. The van der Waals surface area contributed by atoms with E-state index in [0.717, 1.165) is 49.9 Å². The standard InChI is InChI=1S/C15H22N4O2S/c20-13(16-8-11-1-2-11)12-7-15(21-9-12)3-5-19(6-4-15)14-18-17-10-22-14/h10-12H,1-9H2,(H,16,20)/t12-/m1/s1. The Morgan fingerprint density at radius 3 is 2.95 bits per heavy atom. The van der Waals surface area contributed by atoms with Crippen LogP contribution in [0.2, 0.25) is 0 Å². The highest BCUT2D eigenvalue weighted by Gasteiger charge is 2.45. The maximum atomic E-state index is 12.2. The first-order chi connectivity index (χ1) is 10.7. The third kappa shape index (κ3) is 2.96. The normalized spacial score (nSPS) is 27.3. The summed E-state index contributed by atoms with van der Waals surface area (Å²) in [5.74, 6) is 0.956. The molecule has 1 saturated carbocycles. The van der Waals surface area contributed by atoms with Crippen LogP contribution in [0, 0.1) is 11.8 Å². The molecule has 3 heterocycles. The summed E-state index contributed by atoms with van der Waals surface area (Å²) in [6.45, 7) is 3.31. The molecule has 3 fully saturated rings. The van der Waals surface area contributed by atoms with Crippen LogP contribution < -0.4 is 10.2 Å². The van der Waals surface area contributed by atoms with E-state index < -0.39 is 0 Å². The smallest absolute Gasteiger partial charge is 0.225 e. The minimum atomic E-state index is -0.0945. The summed E-state index contributed by atoms with van der Waals surface area (Å²) < 4.78 is 6.08. The second kappa shape index (κ2) is 5.77. The van der Waals surface area contributed by atoms with E-state index in [4.69, 9.17) is 4.74 Å². The summed E-state index contributed by atoms with van der Waals surface area (Å²) in [6.07, 6.45) is 5.35. The van der Waals surface area contributed by atoms with Gasteiger partial charge in [0.2, 0.25) is 11.0 Å². The van der Waals surface area contributed by atoms with Gasteiger partial charge in [-0.25, -0.2) is 0 Å². The fourth-order valence-corrected chi connectivity index (χ4v) is 4.10. The number of nitrogens with one attached hydrogen (secondary N) is 1. The highest BCUT2D eigenvalue weighted by molar-refractivity contribution is 7.13. The minimum absolute atomic E-state index is 0.0341. The summed E-state index contributed by atoms with van der Waals surface area (Å²) in [6, 6.07) is 0. The zero-order chi connectivity index (χ0) is 15.0. The summed E-state index contributed by atoms with van der Waals surface area (Å²) in [5, 5.41) is 12.1. The molecular formula is C15H22N4O2S. The summed E-state index contributed by atoms with van der Waals surface area (Å²) >= 11 is 1.58. The van der Waals surface area contributed by atoms with Crippen LogP contribution in [0.5, 0.6) is 0 Å². The molecule has 120 valence electrons. The molecule has 1 amide bonds. The molecule has 3 aliphatic rings. The molecule has 7 heteroatoms. The number of carbonyl (C=O) groups excluding carboxylic acids is 1. The average Bonchev–Trinajstić information content (AvgIpc) is 3.04. The Hall–Kier alpha value is -1.21. The average molecular weight is 322 g/mol. The Morgan fingerprint density at radius 2 is 2.27 bits per heavy atom. The number of piperidine rings is 1. The van der Waals surface area contributed by atoms with Crippen LogP contribution in [-0.2, 0) is 9.53 Å². The maximum Gasteiger partial charge on any atom is 0.225 e. The van der Waals surface area contributed by atoms with E-state index >= 15 is 0 Å². The Balaban J connectivity index is 1.29. The summed E-state index contributed by atoms with van der Waals surface area (Å²) in [4.78, 5) is 14.5. The van der Waals surface area contributed by atoms with Gasteiger partial charge in [0.15, 0.2) is 0 Å².